The first-order chi connectivity index (χ1) is 8.07. The second-order valence-corrected chi connectivity index (χ2v) is 6.43. The van der Waals surface area contributed by atoms with E-state index in [1.54, 1.807) is 11.6 Å². The fourth-order valence-corrected chi connectivity index (χ4v) is 2.29. The van der Waals surface area contributed by atoms with Gasteiger partial charge in [0, 0.05) is 18.5 Å². The molecule has 0 unspecified atom stereocenters. The van der Waals surface area contributed by atoms with Crippen LogP contribution >= 0.6 is 0 Å². The second-order valence-electron chi connectivity index (χ2n) is 3.96. The van der Waals surface area contributed by atoms with E-state index < -0.39 is 9.84 Å². The Kier molecular flexibility index (Phi) is 5.57. The monoisotopic (exact) mass is 260 g/mol. The van der Waals surface area contributed by atoms with E-state index in [-0.39, 0.29) is 11.5 Å². The van der Waals surface area contributed by atoms with Gasteiger partial charge < -0.3 is 5.73 Å². The summed E-state index contributed by atoms with van der Waals surface area (Å²) in [7, 11) is -2.88. The number of nitrogens with zero attached hydrogens (tertiary/aromatic N) is 3. The lowest BCUT2D eigenvalue weighted by molar-refractivity contribution is 0.562. The summed E-state index contributed by atoms with van der Waals surface area (Å²) in [4.78, 5) is 0. The van der Waals surface area contributed by atoms with Gasteiger partial charge in [0.05, 0.1) is 11.4 Å². The van der Waals surface area contributed by atoms with Crippen LogP contribution in [-0.2, 0) is 22.8 Å². The summed E-state index contributed by atoms with van der Waals surface area (Å²) in [6.45, 7) is 2.90. The zero-order valence-corrected chi connectivity index (χ0v) is 11.0. The number of aryl methyl sites for hydroxylation is 2. The predicted molar refractivity (Wildman–Crippen MR) is 66.3 cm³/mol. The van der Waals surface area contributed by atoms with Crippen molar-refractivity contribution in [3.8, 4) is 0 Å². The molecule has 0 amide bonds. The molecule has 0 radical (unpaired) electrons. The van der Waals surface area contributed by atoms with Crippen LogP contribution in [0.1, 0.15) is 25.5 Å². The Labute approximate surface area is 102 Å². The van der Waals surface area contributed by atoms with E-state index in [1.807, 2.05) is 6.20 Å². The molecule has 0 aromatic carbocycles. The normalized spacial score (nSPS) is 11.9. The van der Waals surface area contributed by atoms with Crippen molar-refractivity contribution in [3.63, 3.8) is 0 Å². The van der Waals surface area contributed by atoms with Crippen molar-refractivity contribution in [2.24, 2.45) is 5.73 Å². The summed E-state index contributed by atoms with van der Waals surface area (Å²) >= 11 is 0. The van der Waals surface area contributed by atoms with Crippen LogP contribution < -0.4 is 5.73 Å². The van der Waals surface area contributed by atoms with Crippen molar-refractivity contribution in [2.45, 2.75) is 32.7 Å². The largest absolute Gasteiger partial charge is 0.330 e. The predicted octanol–water partition coefficient (Wildman–Crippen LogP) is -0.00580. The lowest BCUT2D eigenvalue weighted by Crippen LogP contribution is -2.11. The zero-order valence-electron chi connectivity index (χ0n) is 10.2. The van der Waals surface area contributed by atoms with Crippen LogP contribution in [-0.4, -0.2) is 41.5 Å². The minimum Gasteiger partial charge on any atom is -0.330 e. The van der Waals surface area contributed by atoms with Gasteiger partial charge in [0.25, 0.3) is 0 Å². The van der Waals surface area contributed by atoms with Gasteiger partial charge in [-0.2, -0.15) is 0 Å². The fourth-order valence-electron chi connectivity index (χ4n) is 1.44. The van der Waals surface area contributed by atoms with E-state index in [9.17, 15) is 8.42 Å². The van der Waals surface area contributed by atoms with Crippen molar-refractivity contribution in [1.29, 1.82) is 0 Å². The van der Waals surface area contributed by atoms with Crippen molar-refractivity contribution in [2.75, 3.05) is 18.1 Å². The lowest BCUT2D eigenvalue weighted by Gasteiger charge is -2.00. The first-order valence-electron chi connectivity index (χ1n) is 5.87. The Morgan fingerprint density at radius 1 is 1.41 bits per heavy atom. The molecule has 6 nitrogen and oxygen atoms in total. The number of nitrogens with two attached hydrogens (primary N) is 1. The van der Waals surface area contributed by atoms with Crippen LogP contribution in [0.2, 0.25) is 0 Å². The van der Waals surface area contributed by atoms with Gasteiger partial charge in [0.1, 0.15) is 9.84 Å². The lowest BCUT2D eigenvalue weighted by atomic mass is 10.2. The van der Waals surface area contributed by atoms with Gasteiger partial charge in [-0.15, -0.1) is 5.10 Å². The van der Waals surface area contributed by atoms with Crippen molar-refractivity contribution < 1.29 is 8.42 Å². The topological polar surface area (TPSA) is 90.9 Å². The molecule has 2 N–H and O–H groups in total. The highest BCUT2D eigenvalue weighted by Crippen LogP contribution is 2.00. The molecular weight excluding hydrogens is 240 g/mol. The van der Waals surface area contributed by atoms with E-state index in [0.29, 0.717) is 19.5 Å². The maximum atomic E-state index is 11.3. The minimum atomic E-state index is -2.88. The summed E-state index contributed by atoms with van der Waals surface area (Å²) in [6, 6.07) is 0. The molecule has 1 aromatic heterocycles. The van der Waals surface area contributed by atoms with Crippen LogP contribution in [0.4, 0.5) is 0 Å². The molecule has 0 aliphatic carbocycles. The zero-order chi connectivity index (χ0) is 12.7. The van der Waals surface area contributed by atoms with Crippen molar-refractivity contribution >= 4 is 9.84 Å². The molecule has 0 aliphatic rings. The summed E-state index contributed by atoms with van der Waals surface area (Å²) in [5.41, 5.74) is 6.32. The molecule has 7 heteroatoms. The van der Waals surface area contributed by atoms with Gasteiger partial charge in [0.15, 0.2) is 0 Å². The Morgan fingerprint density at radius 2 is 2.18 bits per heavy atom. The van der Waals surface area contributed by atoms with Gasteiger partial charge in [-0.1, -0.05) is 12.1 Å². The molecule has 1 aromatic rings. The SMILES string of the molecule is CCS(=O)(=O)CCCn1cc(CCCN)nn1. The van der Waals surface area contributed by atoms with Gasteiger partial charge in [0.2, 0.25) is 0 Å². The average molecular weight is 260 g/mol. The number of hydrogen-bond acceptors (Lipinski definition) is 5. The fraction of sp³-hybridized carbons (Fsp3) is 0.800. The first kappa shape index (κ1) is 14.1. The third-order valence-electron chi connectivity index (χ3n) is 2.51. The number of aromatic nitrogens is 3. The van der Waals surface area contributed by atoms with Crippen molar-refractivity contribution in [1.82, 2.24) is 15.0 Å². The molecule has 0 bridgehead atoms. The van der Waals surface area contributed by atoms with E-state index in [0.717, 1.165) is 18.5 Å². The van der Waals surface area contributed by atoms with Crippen LogP contribution in [0.25, 0.3) is 0 Å². The highest BCUT2D eigenvalue weighted by atomic mass is 32.2. The number of sulfone groups is 1. The van der Waals surface area contributed by atoms with Crippen molar-refractivity contribution in [3.05, 3.63) is 11.9 Å². The summed E-state index contributed by atoms with van der Waals surface area (Å²) < 4.78 is 24.2. The highest BCUT2D eigenvalue weighted by Gasteiger charge is 2.07. The second kappa shape index (κ2) is 6.70. The smallest absolute Gasteiger partial charge is 0.150 e. The maximum absolute atomic E-state index is 11.3. The molecular formula is C10H20N4O2S. The third kappa shape index (κ3) is 5.27. The molecule has 1 rings (SSSR count). The first-order valence-corrected chi connectivity index (χ1v) is 7.69. The van der Waals surface area contributed by atoms with Crippen LogP contribution in [0.15, 0.2) is 6.20 Å². The molecule has 1 heterocycles. The van der Waals surface area contributed by atoms with Crippen LogP contribution in [0.3, 0.4) is 0 Å². The molecule has 0 saturated carbocycles. The molecule has 0 fully saturated rings. The standard InChI is InChI=1S/C10H20N4O2S/c1-2-17(15,16)8-4-7-14-9-10(12-13-14)5-3-6-11/h9H,2-8,11H2,1H3. The Hall–Kier alpha value is -0.950. The molecule has 0 aliphatic heterocycles. The Morgan fingerprint density at radius 3 is 2.82 bits per heavy atom. The van der Waals surface area contributed by atoms with Crippen LogP contribution in [0.5, 0.6) is 0 Å². The van der Waals surface area contributed by atoms with Gasteiger partial charge in [-0.05, 0) is 25.8 Å². The summed E-state index contributed by atoms with van der Waals surface area (Å²) in [5, 5.41) is 7.94. The van der Waals surface area contributed by atoms with E-state index in [4.69, 9.17) is 5.73 Å². The minimum absolute atomic E-state index is 0.201. The van der Waals surface area contributed by atoms with Crippen LogP contribution in [0, 0.1) is 0 Å². The van der Waals surface area contributed by atoms with Gasteiger partial charge in [-0.25, -0.2) is 8.42 Å². The van der Waals surface area contributed by atoms with E-state index in [2.05, 4.69) is 10.3 Å². The quantitative estimate of drug-likeness (QED) is 0.710. The Bertz CT molecular complexity index is 427. The van der Waals surface area contributed by atoms with E-state index >= 15 is 0 Å². The number of rotatable bonds is 8. The number of hydrogen-bond donors (Lipinski definition) is 1. The summed E-state index contributed by atoms with van der Waals surface area (Å²) in [6.07, 6.45) is 4.15. The average Bonchev–Trinajstić information content (AvgIpc) is 2.74. The van der Waals surface area contributed by atoms with Gasteiger partial charge in [-0.3, -0.25) is 4.68 Å². The molecule has 17 heavy (non-hydrogen) atoms. The third-order valence-corrected chi connectivity index (χ3v) is 4.30. The summed E-state index contributed by atoms with van der Waals surface area (Å²) in [5.74, 6) is 0.410. The molecule has 0 atom stereocenters. The molecule has 98 valence electrons. The highest BCUT2D eigenvalue weighted by molar-refractivity contribution is 7.91. The molecule has 0 spiro atoms. The molecule has 0 saturated heterocycles. The van der Waals surface area contributed by atoms with E-state index in [1.165, 1.54) is 0 Å². The maximum Gasteiger partial charge on any atom is 0.150 e. The Balaban J connectivity index is 2.35. The van der Waals surface area contributed by atoms with Gasteiger partial charge >= 0.3 is 0 Å².